The maximum Gasteiger partial charge on any atom is 0.339 e. The average molecular weight is 454 g/mol. The third-order valence-corrected chi connectivity index (χ3v) is 5.40. The van der Waals surface area contributed by atoms with Gasteiger partial charge < -0.3 is 20.5 Å². The lowest BCUT2D eigenvalue weighted by atomic mass is 10.2. The minimum Gasteiger partial charge on any atom is -0.497 e. The number of imidazole rings is 1. The molecule has 5 rings (SSSR count). The van der Waals surface area contributed by atoms with Gasteiger partial charge in [-0.25, -0.2) is 19.3 Å². The molecule has 34 heavy (non-hydrogen) atoms. The van der Waals surface area contributed by atoms with Gasteiger partial charge in [0.1, 0.15) is 29.1 Å². The van der Waals surface area contributed by atoms with Gasteiger partial charge in [-0.1, -0.05) is 18.2 Å². The van der Waals surface area contributed by atoms with Crippen LogP contribution in [0, 0.1) is 0 Å². The van der Waals surface area contributed by atoms with Crippen LogP contribution in [0.1, 0.15) is 0 Å². The number of fused-ring (bicyclic) bond motifs is 1. The van der Waals surface area contributed by atoms with Crippen LogP contribution in [0.5, 0.6) is 17.2 Å². The van der Waals surface area contributed by atoms with Gasteiger partial charge >= 0.3 is 5.69 Å². The molecular weight excluding hydrogens is 432 g/mol. The number of hydrogen-bond acceptors (Lipinski definition) is 7. The lowest BCUT2D eigenvalue weighted by Gasteiger charge is -2.09. The molecule has 0 amide bonds. The highest BCUT2D eigenvalue weighted by atomic mass is 16.5. The molecule has 9 nitrogen and oxygen atoms in total. The predicted octanol–water partition coefficient (Wildman–Crippen LogP) is 4.00. The van der Waals surface area contributed by atoms with Crippen molar-refractivity contribution in [2.24, 2.45) is 0 Å². The second kappa shape index (κ2) is 8.62. The monoisotopic (exact) mass is 454 g/mol. The molecule has 170 valence electrons. The molecule has 0 saturated heterocycles. The highest BCUT2D eigenvalue weighted by molar-refractivity contribution is 5.85. The maximum absolute atomic E-state index is 13.7. The Hall–Kier alpha value is -4.79. The number of hydrogen-bond donors (Lipinski definition) is 2. The SMILES string of the molecule is CNc1cc(OC)cc(-n2c(=O)n(-c3ccc(Oc4ccccc4)cc3)c3c(N)ncnc32)c1. The Labute approximate surface area is 195 Å². The second-order valence-electron chi connectivity index (χ2n) is 7.46. The number of ether oxygens (including phenoxy) is 2. The lowest BCUT2D eigenvalue weighted by molar-refractivity contribution is 0.415. The summed E-state index contributed by atoms with van der Waals surface area (Å²) in [6, 6.07) is 22.1. The largest absolute Gasteiger partial charge is 0.497 e. The van der Waals surface area contributed by atoms with E-state index in [4.69, 9.17) is 15.2 Å². The molecule has 0 aliphatic heterocycles. The van der Waals surface area contributed by atoms with Crippen molar-refractivity contribution in [3.05, 3.63) is 89.6 Å². The maximum atomic E-state index is 13.7. The van der Waals surface area contributed by atoms with Gasteiger partial charge in [-0.3, -0.25) is 4.57 Å². The van der Waals surface area contributed by atoms with Crippen molar-refractivity contribution in [3.8, 4) is 28.6 Å². The molecule has 0 radical (unpaired) electrons. The van der Waals surface area contributed by atoms with E-state index in [-0.39, 0.29) is 11.5 Å². The molecule has 0 aliphatic rings. The molecule has 2 aromatic heterocycles. The van der Waals surface area contributed by atoms with Crippen LogP contribution in [0.15, 0.2) is 83.9 Å². The first-order valence-electron chi connectivity index (χ1n) is 10.5. The zero-order valence-electron chi connectivity index (χ0n) is 18.6. The lowest BCUT2D eigenvalue weighted by Crippen LogP contribution is -2.22. The van der Waals surface area contributed by atoms with Crippen LogP contribution in [0.3, 0.4) is 0 Å². The Kier molecular flexibility index (Phi) is 5.35. The molecule has 2 heterocycles. The zero-order valence-corrected chi connectivity index (χ0v) is 18.6. The highest BCUT2D eigenvalue weighted by Crippen LogP contribution is 2.28. The van der Waals surface area contributed by atoms with E-state index >= 15 is 0 Å². The first kappa shape index (κ1) is 21.1. The highest BCUT2D eigenvalue weighted by Gasteiger charge is 2.21. The number of methoxy groups -OCH3 is 1. The van der Waals surface area contributed by atoms with Crippen molar-refractivity contribution in [2.75, 3.05) is 25.2 Å². The van der Waals surface area contributed by atoms with E-state index in [9.17, 15) is 4.79 Å². The summed E-state index contributed by atoms with van der Waals surface area (Å²) in [5.41, 5.74) is 8.65. The van der Waals surface area contributed by atoms with Crippen molar-refractivity contribution in [2.45, 2.75) is 0 Å². The first-order valence-corrected chi connectivity index (χ1v) is 10.5. The summed E-state index contributed by atoms with van der Waals surface area (Å²) in [4.78, 5) is 22.2. The zero-order chi connectivity index (χ0) is 23.7. The van der Waals surface area contributed by atoms with Crippen molar-refractivity contribution < 1.29 is 9.47 Å². The fourth-order valence-electron chi connectivity index (χ4n) is 3.78. The van der Waals surface area contributed by atoms with Crippen LogP contribution in [-0.4, -0.2) is 33.3 Å². The number of anilines is 2. The Morgan fingerprint density at radius 3 is 2.29 bits per heavy atom. The predicted molar refractivity (Wildman–Crippen MR) is 131 cm³/mol. The van der Waals surface area contributed by atoms with Crippen LogP contribution in [0.2, 0.25) is 0 Å². The number of nitrogens with zero attached hydrogens (tertiary/aromatic N) is 4. The van der Waals surface area contributed by atoms with Gasteiger partial charge in [-0.2, -0.15) is 0 Å². The van der Waals surface area contributed by atoms with E-state index in [2.05, 4.69) is 15.3 Å². The van der Waals surface area contributed by atoms with Crippen LogP contribution < -0.4 is 26.2 Å². The minimum atomic E-state index is -0.339. The van der Waals surface area contributed by atoms with E-state index < -0.39 is 0 Å². The van der Waals surface area contributed by atoms with E-state index in [1.807, 2.05) is 42.5 Å². The first-order chi connectivity index (χ1) is 16.6. The van der Waals surface area contributed by atoms with Crippen LogP contribution in [0.4, 0.5) is 11.5 Å². The molecule has 0 atom stereocenters. The van der Waals surface area contributed by atoms with Crippen LogP contribution >= 0.6 is 0 Å². The van der Waals surface area contributed by atoms with Gasteiger partial charge in [0.05, 0.1) is 18.5 Å². The number of rotatable bonds is 6. The van der Waals surface area contributed by atoms with Crippen molar-refractivity contribution in [3.63, 3.8) is 0 Å². The average Bonchev–Trinajstić information content (AvgIpc) is 3.17. The quantitative estimate of drug-likeness (QED) is 0.399. The smallest absolute Gasteiger partial charge is 0.339 e. The molecule has 3 aromatic carbocycles. The van der Waals surface area contributed by atoms with E-state index in [0.717, 1.165) is 11.4 Å². The number of nitrogens with one attached hydrogen (secondary N) is 1. The van der Waals surface area contributed by atoms with E-state index in [1.165, 1.54) is 15.5 Å². The topological polar surface area (TPSA) is 109 Å². The molecule has 0 aliphatic carbocycles. The molecule has 3 N–H and O–H groups in total. The molecule has 0 spiro atoms. The van der Waals surface area contributed by atoms with Gasteiger partial charge in [0.25, 0.3) is 0 Å². The van der Waals surface area contributed by atoms with Crippen LogP contribution in [-0.2, 0) is 0 Å². The summed E-state index contributed by atoms with van der Waals surface area (Å²) < 4.78 is 14.3. The molecule has 0 bridgehead atoms. The number of nitrogens with two attached hydrogens (primary N) is 1. The van der Waals surface area contributed by atoms with Crippen molar-refractivity contribution in [1.82, 2.24) is 19.1 Å². The minimum absolute atomic E-state index is 0.196. The third kappa shape index (κ3) is 3.69. The van der Waals surface area contributed by atoms with Gasteiger partial charge in [0.2, 0.25) is 0 Å². The second-order valence-corrected chi connectivity index (χ2v) is 7.46. The molecule has 9 heteroatoms. The number of benzene rings is 3. The molecular formula is C25H22N6O3. The fourth-order valence-corrected chi connectivity index (χ4v) is 3.78. The fraction of sp³-hybridized carbons (Fsp3) is 0.0800. The number of aromatic nitrogens is 4. The molecule has 5 aromatic rings. The number of para-hydroxylation sites is 1. The normalized spacial score (nSPS) is 10.9. The van der Waals surface area contributed by atoms with E-state index in [1.54, 1.807) is 44.5 Å². The number of nitrogen functional groups attached to an aromatic ring is 1. The van der Waals surface area contributed by atoms with Crippen molar-refractivity contribution >= 4 is 22.7 Å². The summed E-state index contributed by atoms with van der Waals surface area (Å²) in [6.07, 6.45) is 1.34. The Morgan fingerprint density at radius 2 is 1.59 bits per heavy atom. The van der Waals surface area contributed by atoms with Gasteiger partial charge in [-0.05, 0) is 42.5 Å². The summed E-state index contributed by atoms with van der Waals surface area (Å²) in [5.74, 6) is 2.16. The summed E-state index contributed by atoms with van der Waals surface area (Å²) in [5, 5.41) is 3.08. The third-order valence-electron chi connectivity index (χ3n) is 5.40. The van der Waals surface area contributed by atoms with Gasteiger partial charge in [-0.15, -0.1) is 0 Å². The van der Waals surface area contributed by atoms with Crippen molar-refractivity contribution in [1.29, 1.82) is 0 Å². The van der Waals surface area contributed by atoms with Gasteiger partial charge in [0, 0.05) is 24.9 Å². The van der Waals surface area contributed by atoms with Crippen LogP contribution in [0.25, 0.3) is 22.5 Å². The molecule has 0 fully saturated rings. The summed E-state index contributed by atoms with van der Waals surface area (Å²) in [6.45, 7) is 0. The Morgan fingerprint density at radius 1 is 0.853 bits per heavy atom. The summed E-state index contributed by atoms with van der Waals surface area (Å²) >= 11 is 0. The van der Waals surface area contributed by atoms with Gasteiger partial charge in [0.15, 0.2) is 11.5 Å². The Bertz CT molecular complexity index is 1500. The standard InChI is InChI=1S/C25H22N6O3/c1-27-16-12-18(14-21(13-16)33-2)31-24-22(23(26)28-15-29-24)30(25(31)32)17-8-10-20(11-9-17)34-19-6-4-3-5-7-19/h3-15,27H,1-2H3,(H2,26,28,29). The summed E-state index contributed by atoms with van der Waals surface area (Å²) in [7, 11) is 3.37. The molecule has 0 unspecified atom stereocenters. The van der Waals surface area contributed by atoms with E-state index in [0.29, 0.717) is 34.0 Å². The molecule has 0 saturated carbocycles. The Balaban J connectivity index is 1.66.